The van der Waals surface area contributed by atoms with Crippen molar-refractivity contribution in [2.45, 2.75) is 231 Å². The molecule has 1 saturated heterocycles. The van der Waals surface area contributed by atoms with Crippen LogP contribution in [0, 0.1) is 18.3 Å². The van der Waals surface area contributed by atoms with Crippen molar-refractivity contribution in [1.82, 2.24) is 14.5 Å². The van der Waals surface area contributed by atoms with Crippen molar-refractivity contribution in [1.29, 1.82) is 0 Å². The third kappa shape index (κ3) is 23.4. The number of H-pyrrole nitrogens is 1. The number of hydrogen-bond donors (Lipinski definition) is 3. The molecule has 472 valence electrons. The third-order valence-electron chi connectivity index (χ3n) is 17.1. The zero-order chi connectivity index (χ0) is 61.7. The Labute approximate surface area is 513 Å². The number of morpholine rings is 1. The molecule has 3 atom stereocenters. The van der Waals surface area contributed by atoms with E-state index in [0.29, 0.717) is 12.8 Å². The first-order valence-electron chi connectivity index (χ1n) is 32.8. The molecule has 0 radical (unpaired) electrons. The maximum absolute atomic E-state index is 14.3. The van der Waals surface area contributed by atoms with Crippen molar-refractivity contribution in [2.24, 2.45) is 11.3 Å². The summed E-state index contributed by atoms with van der Waals surface area (Å²) in [5.74, 6) is -5.40. The van der Waals surface area contributed by atoms with Gasteiger partial charge in [-0.1, -0.05) is 232 Å². The highest BCUT2D eigenvalue weighted by Crippen LogP contribution is 2.47. The molecule has 0 bridgehead atoms. The van der Waals surface area contributed by atoms with E-state index in [1.54, 1.807) is 6.92 Å². The number of aromatic nitrogens is 2. The van der Waals surface area contributed by atoms with Gasteiger partial charge < -0.3 is 24.4 Å². The standard InChI is InChI=1S/C72H103N3O11/c1-4-6-8-10-12-14-16-18-20-22-24-26-28-30-41-49-66(78)84-56-62(57-85-67(79)50-42-31-29-27-25-23-21-19-17-15-13-11-9-7-5-2)71(69(81)82,52-65(76)77)51-63-54-74(55-64(86-63)75-53-58(3)68(80)73-70(75)83)72(59-43-35-32-36-44-59,60-45-37-33-38-46-60)61-47-39-34-40-48-61/h18-21,32-40,43-48,53,62-64H,4-17,22-31,41-42,49-52,54-57H2,1-3H3,(H,76,77)(H,81,82)(H,73,80,83)/b20-18-,21-19-/t63-,64+,71?/m0/s1. The number of rotatable bonds is 45. The first-order valence-corrected chi connectivity index (χ1v) is 32.8. The summed E-state index contributed by atoms with van der Waals surface area (Å²) in [4.78, 5) is 86.1. The fourth-order valence-electron chi connectivity index (χ4n) is 12.2. The summed E-state index contributed by atoms with van der Waals surface area (Å²) in [6, 6.07) is 29.4. The number of aliphatic carboxylic acids is 2. The van der Waals surface area contributed by atoms with Crippen LogP contribution in [-0.2, 0) is 38.9 Å². The van der Waals surface area contributed by atoms with Gasteiger partial charge in [0, 0.05) is 43.6 Å². The van der Waals surface area contributed by atoms with E-state index in [0.717, 1.165) is 93.7 Å². The molecule has 0 amide bonds. The quantitative estimate of drug-likeness (QED) is 0.0164. The van der Waals surface area contributed by atoms with Crippen LogP contribution < -0.4 is 11.2 Å². The van der Waals surface area contributed by atoms with Crippen molar-refractivity contribution in [2.75, 3.05) is 26.3 Å². The van der Waals surface area contributed by atoms with E-state index in [4.69, 9.17) is 14.2 Å². The van der Waals surface area contributed by atoms with Gasteiger partial charge in [-0.25, -0.2) is 4.79 Å². The molecule has 1 aromatic heterocycles. The minimum Gasteiger partial charge on any atom is -0.481 e. The minimum atomic E-state index is -2.25. The number of ether oxygens (including phenoxy) is 3. The fraction of sp³-hybridized carbons (Fsp3) is 0.583. The number of hydrogen-bond acceptors (Lipinski definition) is 10. The van der Waals surface area contributed by atoms with Crippen LogP contribution in [0.25, 0.3) is 0 Å². The Bertz CT molecular complexity index is 2590. The Morgan fingerprint density at radius 2 is 0.977 bits per heavy atom. The number of aromatic amines is 1. The average Bonchev–Trinajstić information content (AvgIpc) is 0.991. The molecule has 14 nitrogen and oxygen atoms in total. The summed E-state index contributed by atoms with van der Waals surface area (Å²) in [6.07, 6.45) is 35.5. The Kier molecular flexibility index (Phi) is 32.9. The zero-order valence-corrected chi connectivity index (χ0v) is 52.3. The van der Waals surface area contributed by atoms with E-state index < -0.39 is 90.4 Å². The van der Waals surface area contributed by atoms with Gasteiger partial charge in [0.15, 0.2) is 6.23 Å². The van der Waals surface area contributed by atoms with Crippen molar-refractivity contribution in [3.05, 3.63) is 165 Å². The molecule has 0 aliphatic carbocycles. The summed E-state index contributed by atoms with van der Waals surface area (Å²) in [5.41, 5.74) is -1.89. The summed E-state index contributed by atoms with van der Waals surface area (Å²) in [5, 5.41) is 22.4. The molecule has 2 heterocycles. The van der Waals surface area contributed by atoms with Crippen molar-refractivity contribution in [3.63, 3.8) is 0 Å². The molecule has 1 fully saturated rings. The van der Waals surface area contributed by atoms with Gasteiger partial charge in [0.05, 0.1) is 36.7 Å². The SMILES string of the molecule is CCCCCCCC/C=C\CCCCCCCC(=O)OCC(COC(=O)CCCCCCC/C=C\CCCCCCCC)C(CC(=O)O)(C[C@H]1CN(C(c2ccccc2)(c2ccccc2)c2ccccc2)C[C@H](n2cc(C)c(=O)[nH]c2=O)O1)C(=O)O. The fourth-order valence-corrected chi connectivity index (χ4v) is 12.2. The highest BCUT2D eigenvalue weighted by molar-refractivity contribution is 5.82. The van der Waals surface area contributed by atoms with Crippen LogP contribution in [-0.4, -0.2) is 80.9 Å². The van der Waals surface area contributed by atoms with E-state index >= 15 is 0 Å². The van der Waals surface area contributed by atoms with Gasteiger partial charge in [0.2, 0.25) is 0 Å². The van der Waals surface area contributed by atoms with E-state index in [9.17, 15) is 39.0 Å². The molecule has 0 saturated carbocycles. The normalized spacial score (nSPS) is 15.5. The molecule has 1 aliphatic rings. The highest BCUT2D eigenvalue weighted by atomic mass is 16.5. The van der Waals surface area contributed by atoms with Gasteiger partial charge in [-0.15, -0.1) is 0 Å². The minimum absolute atomic E-state index is 0.0121. The first kappa shape index (κ1) is 70.4. The number of esters is 2. The monoisotopic (exact) mass is 1190 g/mol. The second-order valence-electron chi connectivity index (χ2n) is 23.9. The lowest BCUT2D eigenvalue weighted by Gasteiger charge is -2.51. The highest BCUT2D eigenvalue weighted by Gasteiger charge is 2.53. The molecule has 3 N–H and O–H groups in total. The number of carbonyl (C=O) groups is 4. The molecule has 0 spiro atoms. The van der Waals surface area contributed by atoms with E-state index in [-0.39, 0.29) is 31.5 Å². The lowest BCUT2D eigenvalue weighted by atomic mass is 9.68. The number of nitrogens with one attached hydrogen (secondary N) is 1. The van der Waals surface area contributed by atoms with Crippen LogP contribution in [0.2, 0.25) is 0 Å². The van der Waals surface area contributed by atoms with Crippen molar-refractivity contribution < 1.29 is 43.6 Å². The maximum atomic E-state index is 14.3. The lowest BCUT2D eigenvalue weighted by Crippen LogP contribution is -2.59. The smallest absolute Gasteiger partial charge is 0.330 e. The number of carboxylic acids is 2. The number of benzene rings is 3. The molecular weight excluding hydrogens is 1080 g/mol. The van der Waals surface area contributed by atoms with Gasteiger partial charge in [-0.2, -0.15) is 0 Å². The Balaban J connectivity index is 1.38. The van der Waals surface area contributed by atoms with E-state index in [1.807, 2.05) is 91.0 Å². The summed E-state index contributed by atoms with van der Waals surface area (Å²) in [7, 11) is 0. The van der Waals surface area contributed by atoms with Gasteiger partial charge in [0.1, 0.15) is 0 Å². The number of carboxylic acid groups (broad SMARTS) is 2. The lowest BCUT2D eigenvalue weighted by molar-refractivity contribution is -0.184. The topological polar surface area (TPSA) is 195 Å². The molecule has 86 heavy (non-hydrogen) atoms. The van der Waals surface area contributed by atoms with Crippen LogP contribution in [0.5, 0.6) is 0 Å². The first-order chi connectivity index (χ1) is 41.8. The molecule has 1 aliphatic heterocycles. The number of allylic oxidation sites excluding steroid dienone is 4. The van der Waals surface area contributed by atoms with Crippen molar-refractivity contribution in [3.8, 4) is 0 Å². The molecule has 4 aromatic rings. The number of aryl methyl sites for hydroxylation is 1. The Morgan fingerprint density at radius 3 is 1.37 bits per heavy atom. The number of carbonyl (C=O) groups excluding carboxylic acids is 2. The maximum Gasteiger partial charge on any atom is 0.330 e. The second-order valence-corrected chi connectivity index (χ2v) is 23.9. The molecule has 1 unspecified atom stereocenters. The van der Waals surface area contributed by atoms with Gasteiger partial charge in [-0.05, 0) is 94.2 Å². The Morgan fingerprint density at radius 1 is 0.581 bits per heavy atom. The summed E-state index contributed by atoms with van der Waals surface area (Å²) in [6.45, 7) is 5.02. The molecular formula is C72H103N3O11. The predicted molar refractivity (Wildman–Crippen MR) is 342 cm³/mol. The zero-order valence-electron chi connectivity index (χ0n) is 52.3. The Hall–Kier alpha value is -6.38. The largest absolute Gasteiger partial charge is 0.481 e. The average molecular weight is 1190 g/mol. The second kappa shape index (κ2) is 40.1. The number of unbranched alkanes of at least 4 members (excludes halogenated alkanes) is 22. The van der Waals surface area contributed by atoms with Gasteiger partial charge in [-0.3, -0.25) is 38.4 Å². The van der Waals surface area contributed by atoms with Crippen LogP contribution >= 0.6 is 0 Å². The van der Waals surface area contributed by atoms with Crippen LogP contribution in [0.3, 0.4) is 0 Å². The summed E-state index contributed by atoms with van der Waals surface area (Å²) >= 11 is 0. The van der Waals surface area contributed by atoms with E-state index in [1.165, 1.54) is 87.8 Å². The van der Waals surface area contributed by atoms with Crippen molar-refractivity contribution >= 4 is 23.9 Å². The molecule has 5 rings (SSSR count). The van der Waals surface area contributed by atoms with Gasteiger partial charge >= 0.3 is 29.6 Å². The van der Waals surface area contributed by atoms with Crippen LogP contribution in [0.1, 0.15) is 235 Å². The number of nitrogens with zero attached hydrogens (tertiary/aromatic N) is 2. The van der Waals surface area contributed by atoms with E-state index in [2.05, 4.69) is 48.0 Å². The summed E-state index contributed by atoms with van der Waals surface area (Å²) < 4.78 is 20.0. The molecule has 14 heteroatoms. The van der Waals surface area contributed by atoms with Crippen LogP contribution in [0.15, 0.2) is 131 Å². The third-order valence-corrected chi connectivity index (χ3v) is 17.1. The van der Waals surface area contributed by atoms with Gasteiger partial charge in [0.25, 0.3) is 5.56 Å². The predicted octanol–water partition coefficient (Wildman–Crippen LogP) is 15.7. The van der Waals surface area contributed by atoms with Crippen LogP contribution in [0.4, 0.5) is 0 Å². The molecule has 3 aromatic carbocycles.